The highest BCUT2D eigenvalue weighted by molar-refractivity contribution is 5.91. The molecule has 3 nitrogen and oxygen atoms in total. The van der Waals surface area contributed by atoms with Crippen molar-refractivity contribution in [3.63, 3.8) is 0 Å². The zero-order chi connectivity index (χ0) is 13.1. The molecule has 1 heterocycles. The van der Waals surface area contributed by atoms with Crippen molar-refractivity contribution in [3.05, 3.63) is 11.6 Å². The van der Waals surface area contributed by atoms with Gasteiger partial charge in [0, 0.05) is 12.5 Å². The van der Waals surface area contributed by atoms with Gasteiger partial charge in [-0.25, -0.2) is 0 Å². The van der Waals surface area contributed by atoms with Crippen LogP contribution in [0.15, 0.2) is 11.6 Å². The lowest BCUT2D eigenvalue weighted by Crippen LogP contribution is -2.45. The molecule has 18 heavy (non-hydrogen) atoms. The molecular formula is C15H22O3. The fraction of sp³-hybridized carbons (Fsp3) is 0.800. The minimum atomic E-state index is -0.362. The van der Waals surface area contributed by atoms with Gasteiger partial charge in [0.1, 0.15) is 11.4 Å². The molecule has 4 atom stereocenters. The van der Waals surface area contributed by atoms with Gasteiger partial charge in [0.25, 0.3) is 0 Å². The number of ketones is 1. The molecule has 100 valence electrons. The Morgan fingerprint density at radius 1 is 1.44 bits per heavy atom. The van der Waals surface area contributed by atoms with Crippen molar-refractivity contribution in [2.24, 2.45) is 17.3 Å². The summed E-state index contributed by atoms with van der Waals surface area (Å²) in [5.74, 6) is 0.803. The maximum atomic E-state index is 12.7. The summed E-state index contributed by atoms with van der Waals surface area (Å²) in [5.41, 5.74) is 0.667. The Kier molecular flexibility index (Phi) is 2.52. The van der Waals surface area contributed by atoms with E-state index >= 15 is 0 Å². The predicted molar refractivity (Wildman–Crippen MR) is 68.0 cm³/mol. The van der Waals surface area contributed by atoms with Gasteiger partial charge in [0.15, 0.2) is 6.29 Å². The summed E-state index contributed by atoms with van der Waals surface area (Å²) in [6, 6.07) is 0. The fourth-order valence-electron chi connectivity index (χ4n) is 4.22. The molecule has 0 amide bonds. The number of Topliss-reactive ketones (excluding diaryl/α,β-unsaturated/α-hetero) is 1. The summed E-state index contributed by atoms with van der Waals surface area (Å²) in [5, 5.41) is 0. The first-order valence-electron chi connectivity index (χ1n) is 6.87. The third-order valence-corrected chi connectivity index (χ3v) is 5.03. The van der Waals surface area contributed by atoms with Gasteiger partial charge in [-0.2, -0.15) is 0 Å². The quantitative estimate of drug-likeness (QED) is 0.671. The molecule has 0 aromatic heterocycles. The van der Waals surface area contributed by atoms with Gasteiger partial charge in [0.05, 0.1) is 5.92 Å². The SMILES string of the molecule is COC1C=C2CC[C@@H](C)[C@@H]3C(=O)C(C)(C)C[C@]23O1. The number of ether oxygens (including phenoxy) is 2. The molecule has 3 rings (SSSR count). The number of hydrogen-bond donors (Lipinski definition) is 0. The molecular weight excluding hydrogens is 228 g/mol. The van der Waals surface area contributed by atoms with Gasteiger partial charge < -0.3 is 9.47 Å². The first-order chi connectivity index (χ1) is 8.40. The van der Waals surface area contributed by atoms with Crippen LogP contribution in [0.2, 0.25) is 0 Å². The third-order valence-electron chi connectivity index (χ3n) is 5.03. The summed E-state index contributed by atoms with van der Waals surface area (Å²) >= 11 is 0. The first kappa shape index (κ1) is 12.4. The van der Waals surface area contributed by atoms with E-state index in [2.05, 4.69) is 26.8 Å². The molecule has 0 aromatic carbocycles. The largest absolute Gasteiger partial charge is 0.352 e. The van der Waals surface area contributed by atoms with Crippen LogP contribution in [-0.2, 0) is 14.3 Å². The van der Waals surface area contributed by atoms with Gasteiger partial charge in [-0.1, -0.05) is 20.8 Å². The van der Waals surface area contributed by atoms with E-state index in [0.717, 1.165) is 19.3 Å². The van der Waals surface area contributed by atoms with Crippen LogP contribution in [0.3, 0.4) is 0 Å². The molecule has 2 saturated carbocycles. The Morgan fingerprint density at radius 3 is 2.83 bits per heavy atom. The Hall–Kier alpha value is -0.670. The summed E-state index contributed by atoms with van der Waals surface area (Å²) < 4.78 is 11.5. The highest BCUT2D eigenvalue weighted by Crippen LogP contribution is 2.59. The Bertz CT molecular complexity index is 423. The predicted octanol–water partition coefficient (Wildman–Crippen LogP) is 2.70. The van der Waals surface area contributed by atoms with Crippen LogP contribution in [0.4, 0.5) is 0 Å². The van der Waals surface area contributed by atoms with Crippen LogP contribution in [0.25, 0.3) is 0 Å². The molecule has 1 aliphatic heterocycles. The standard InChI is InChI=1S/C15H22O3/c1-9-5-6-10-7-11(17-4)18-15(10)8-14(2,3)13(16)12(9)15/h7,9,11-12H,5-6,8H2,1-4H3/t9-,11?,12-,15+/m1/s1. The molecule has 3 heteroatoms. The molecule has 0 aromatic rings. The van der Waals surface area contributed by atoms with Crippen LogP contribution < -0.4 is 0 Å². The molecule has 1 unspecified atom stereocenters. The Balaban J connectivity index is 2.06. The van der Waals surface area contributed by atoms with E-state index in [1.807, 2.05) is 0 Å². The minimum Gasteiger partial charge on any atom is -0.352 e. The van der Waals surface area contributed by atoms with E-state index in [9.17, 15) is 4.79 Å². The minimum absolute atomic E-state index is 0.0210. The van der Waals surface area contributed by atoms with E-state index in [4.69, 9.17) is 9.47 Å². The molecule has 3 aliphatic rings. The number of methoxy groups -OCH3 is 1. The van der Waals surface area contributed by atoms with Gasteiger partial charge in [-0.3, -0.25) is 4.79 Å². The first-order valence-corrected chi connectivity index (χ1v) is 6.87. The summed E-state index contributed by atoms with van der Waals surface area (Å²) in [4.78, 5) is 12.7. The zero-order valence-corrected chi connectivity index (χ0v) is 11.7. The molecule has 0 N–H and O–H groups in total. The van der Waals surface area contributed by atoms with Gasteiger partial charge in [-0.15, -0.1) is 0 Å². The van der Waals surface area contributed by atoms with Gasteiger partial charge in [-0.05, 0) is 36.8 Å². The van der Waals surface area contributed by atoms with E-state index in [0.29, 0.717) is 11.7 Å². The highest BCUT2D eigenvalue weighted by Gasteiger charge is 2.64. The van der Waals surface area contributed by atoms with E-state index in [-0.39, 0.29) is 23.2 Å². The molecule has 0 bridgehead atoms. The normalized spacial score (nSPS) is 45.7. The maximum absolute atomic E-state index is 12.7. The molecule has 0 saturated heterocycles. The Morgan fingerprint density at radius 2 is 2.17 bits per heavy atom. The lowest BCUT2D eigenvalue weighted by atomic mass is 9.69. The van der Waals surface area contributed by atoms with E-state index < -0.39 is 0 Å². The molecule has 0 radical (unpaired) electrons. The second kappa shape index (κ2) is 3.67. The zero-order valence-electron chi connectivity index (χ0n) is 11.7. The van der Waals surface area contributed by atoms with Crippen LogP contribution in [-0.4, -0.2) is 24.8 Å². The lowest BCUT2D eigenvalue weighted by Gasteiger charge is -2.40. The fourth-order valence-corrected chi connectivity index (χ4v) is 4.22. The van der Waals surface area contributed by atoms with E-state index in [1.54, 1.807) is 7.11 Å². The van der Waals surface area contributed by atoms with Gasteiger partial charge in [0.2, 0.25) is 0 Å². The monoisotopic (exact) mass is 250 g/mol. The molecule has 1 spiro atoms. The second-order valence-electron chi connectivity index (χ2n) is 6.72. The van der Waals surface area contributed by atoms with Crippen molar-refractivity contribution in [1.29, 1.82) is 0 Å². The van der Waals surface area contributed by atoms with E-state index in [1.165, 1.54) is 5.57 Å². The van der Waals surface area contributed by atoms with Crippen LogP contribution in [0.1, 0.15) is 40.0 Å². The van der Waals surface area contributed by atoms with Crippen molar-refractivity contribution in [1.82, 2.24) is 0 Å². The highest BCUT2D eigenvalue weighted by atomic mass is 16.7. The molecule has 2 fully saturated rings. The van der Waals surface area contributed by atoms with Crippen molar-refractivity contribution in [3.8, 4) is 0 Å². The third kappa shape index (κ3) is 1.41. The van der Waals surface area contributed by atoms with Crippen LogP contribution >= 0.6 is 0 Å². The number of rotatable bonds is 1. The number of hydrogen-bond acceptors (Lipinski definition) is 3. The van der Waals surface area contributed by atoms with Gasteiger partial charge >= 0.3 is 0 Å². The smallest absolute Gasteiger partial charge is 0.178 e. The second-order valence-corrected chi connectivity index (χ2v) is 6.72. The topological polar surface area (TPSA) is 35.5 Å². The maximum Gasteiger partial charge on any atom is 0.178 e. The average Bonchev–Trinajstić information content (AvgIpc) is 2.74. The number of carbonyl (C=O) groups excluding carboxylic acids is 1. The Labute approximate surface area is 109 Å². The summed E-state index contributed by atoms with van der Waals surface area (Å²) in [7, 11) is 1.66. The lowest BCUT2D eigenvalue weighted by molar-refractivity contribution is -0.169. The van der Waals surface area contributed by atoms with Crippen LogP contribution in [0, 0.1) is 17.3 Å². The van der Waals surface area contributed by atoms with Crippen molar-refractivity contribution >= 4 is 5.78 Å². The van der Waals surface area contributed by atoms with Crippen molar-refractivity contribution < 1.29 is 14.3 Å². The average molecular weight is 250 g/mol. The van der Waals surface area contributed by atoms with Crippen LogP contribution in [0.5, 0.6) is 0 Å². The summed E-state index contributed by atoms with van der Waals surface area (Å²) in [6.07, 6.45) is 4.75. The summed E-state index contributed by atoms with van der Waals surface area (Å²) in [6.45, 7) is 6.29. The number of carbonyl (C=O) groups is 1. The molecule has 2 aliphatic carbocycles. The van der Waals surface area contributed by atoms with Crippen molar-refractivity contribution in [2.75, 3.05) is 7.11 Å². The van der Waals surface area contributed by atoms with Crippen molar-refractivity contribution in [2.45, 2.75) is 51.9 Å².